The molecule has 0 saturated heterocycles. The van der Waals surface area contributed by atoms with Gasteiger partial charge in [-0.25, -0.2) is 4.68 Å². The van der Waals surface area contributed by atoms with E-state index in [0.29, 0.717) is 0 Å². The summed E-state index contributed by atoms with van der Waals surface area (Å²) in [5.74, 6) is 0. The molecule has 0 amide bonds. The molecule has 0 aliphatic rings. The van der Waals surface area contributed by atoms with Crippen LogP contribution >= 0.6 is 0 Å². The molecule has 60 valence electrons. The van der Waals surface area contributed by atoms with Crippen LogP contribution in [0.25, 0.3) is 6.20 Å². The summed E-state index contributed by atoms with van der Waals surface area (Å²) < 4.78 is 35.6. The highest BCUT2D eigenvalue weighted by Crippen LogP contribution is 2.15. The number of rotatable bonds is 1. The Morgan fingerprint density at radius 3 is 2.55 bits per heavy atom. The molecule has 0 atom stereocenters. The number of hydrogen-bond acceptors (Lipinski definition) is 1. The van der Waals surface area contributed by atoms with Gasteiger partial charge in [0.15, 0.2) is 0 Å². The Balaban J connectivity index is 2.63. The van der Waals surface area contributed by atoms with Gasteiger partial charge in [0.25, 0.3) is 0 Å². The number of nitrogens with zero attached hydrogens (tertiary/aromatic N) is 2. The fourth-order valence-corrected chi connectivity index (χ4v) is 0.530. The SMILES string of the molecule is FC(F)(F)/C=C/n1cccn1. The second-order valence-electron chi connectivity index (χ2n) is 1.84. The fourth-order valence-electron chi connectivity index (χ4n) is 0.530. The maximum Gasteiger partial charge on any atom is 0.411 e. The zero-order chi connectivity index (χ0) is 8.32. The molecule has 0 N–H and O–H groups in total. The van der Waals surface area contributed by atoms with Gasteiger partial charge < -0.3 is 0 Å². The lowest BCUT2D eigenvalue weighted by atomic mass is 10.6. The predicted molar refractivity (Wildman–Crippen MR) is 33.6 cm³/mol. The Hall–Kier alpha value is -1.26. The van der Waals surface area contributed by atoms with Crippen molar-refractivity contribution < 1.29 is 13.2 Å². The normalized spacial score (nSPS) is 12.6. The van der Waals surface area contributed by atoms with Crippen molar-refractivity contribution in [3.8, 4) is 0 Å². The highest BCUT2D eigenvalue weighted by Gasteiger charge is 2.21. The summed E-state index contributed by atoms with van der Waals surface area (Å²) in [6.07, 6.45) is -0.477. The summed E-state index contributed by atoms with van der Waals surface area (Å²) in [4.78, 5) is 0. The smallest absolute Gasteiger partial charge is 0.248 e. The van der Waals surface area contributed by atoms with Crippen molar-refractivity contribution in [2.75, 3.05) is 0 Å². The molecule has 0 unspecified atom stereocenters. The Morgan fingerprint density at radius 1 is 1.36 bits per heavy atom. The van der Waals surface area contributed by atoms with Crippen LogP contribution in [-0.4, -0.2) is 16.0 Å². The summed E-state index contributed by atoms with van der Waals surface area (Å²) in [5.41, 5.74) is 0. The molecule has 0 bridgehead atoms. The van der Waals surface area contributed by atoms with E-state index in [1.54, 1.807) is 6.07 Å². The number of halogens is 3. The highest BCUT2D eigenvalue weighted by molar-refractivity contribution is 5.21. The third-order valence-electron chi connectivity index (χ3n) is 0.941. The highest BCUT2D eigenvalue weighted by atomic mass is 19.4. The molecule has 1 heterocycles. The number of aromatic nitrogens is 2. The molecule has 1 aromatic heterocycles. The van der Waals surface area contributed by atoms with Gasteiger partial charge in [0.1, 0.15) is 0 Å². The lowest BCUT2D eigenvalue weighted by molar-refractivity contribution is -0.0792. The summed E-state index contributed by atoms with van der Waals surface area (Å²) in [6, 6.07) is 1.54. The quantitative estimate of drug-likeness (QED) is 0.616. The van der Waals surface area contributed by atoms with E-state index in [1.165, 1.54) is 12.4 Å². The van der Waals surface area contributed by atoms with Gasteiger partial charge in [0, 0.05) is 24.7 Å². The number of allylic oxidation sites excluding steroid dienone is 1. The van der Waals surface area contributed by atoms with Crippen molar-refractivity contribution in [1.29, 1.82) is 0 Å². The third kappa shape index (κ3) is 2.88. The Kier molecular flexibility index (Phi) is 1.98. The first-order chi connectivity index (χ1) is 5.08. The topological polar surface area (TPSA) is 17.8 Å². The van der Waals surface area contributed by atoms with E-state index in [1.807, 2.05) is 0 Å². The van der Waals surface area contributed by atoms with Gasteiger partial charge in [-0.3, -0.25) is 0 Å². The molecular formula is C6H5F3N2. The molecule has 1 rings (SSSR count). The van der Waals surface area contributed by atoms with E-state index in [9.17, 15) is 13.2 Å². The van der Waals surface area contributed by atoms with E-state index >= 15 is 0 Å². The molecule has 0 aliphatic carbocycles. The molecule has 0 fully saturated rings. The van der Waals surface area contributed by atoms with Crippen LogP contribution in [-0.2, 0) is 0 Å². The van der Waals surface area contributed by atoms with Crippen LogP contribution in [0.5, 0.6) is 0 Å². The molecule has 0 spiro atoms. The second kappa shape index (κ2) is 2.77. The Labute approximate surface area is 60.9 Å². The lowest BCUT2D eigenvalue weighted by Crippen LogP contribution is -2.01. The van der Waals surface area contributed by atoms with E-state index in [0.717, 1.165) is 10.9 Å². The monoisotopic (exact) mass is 162 g/mol. The molecule has 1 aromatic rings. The molecule has 5 heteroatoms. The van der Waals surface area contributed by atoms with Crippen molar-refractivity contribution in [3.05, 3.63) is 24.5 Å². The van der Waals surface area contributed by atoms with Crippen LogP contribution in [0.4, 0.5) is 13.2 Å². The van der Waals surface area contributed by atoms with Gasteiger partial charge in [0.05, 0.1) is 0 Å². The molecule has 0 aliphatic heterocycles. The second-order valence-corrected chi connectivity index (χ2v) is 1.84. The van der Waals surface area contributed by atoms with Crippen LogP contribution in [0.2, 0.25) is 0 Å². The summed E-state index contributed by atoms with van der Waals surface area (Å²) in [5, 5.41) is 3.55. The minimum absolute atomic E-state index is 0.125. The van der Waals surface area contributed by atoms with Crippen molar-refractivity contribution >= 4 is 6.20 Å². The largest absolute Gasteiger partial charge is 0.411 e. The van der Waals surface area contributed by atoms with Crippen molar-refractivity contribution in [3.63, 3.8) is 0 Å². The van der Waals surface area contributed by atoms with Gasteiger partial charge in [-0.1, -0.05) is 0 Å². The molecule has 0 aromatic carbocycles. The zero-order valence-corrected chi connectivity index (χ0v) is 5.42. The number of alkyl halides is 3. The third-order valence-corrected chi connectivity index (χ3v) is 0.941. The van der Waals surface area contributed by atoms with Gasteiger partial charge >= 0.3 is 6.18 Å². The molecule has 11 heavy (non-hydrogen) atoms. The first-order valence-corrected chi connectivity index (χ1v) is 2.83. The zero-order valence-electron chi connectivity index (χ0n) is 5.42. The average Bonchev–Trinajstić information content (AvgIpc) is 2.32. The first kappa shape index (κ1) is 7.84. The Morgan fingerprint density at radius 2 is 2.09 bits per heavy atom. The van der Waals surface area contributed by atoms with Gasteiger partial charge in [-0.15, -0.1) is 0 Å². The van der Waals surface area contributed by atoms with Gasteiger partial charge in [0.2, 0.25) is 0 Å². The molecule has 0 saturated carbocycles. The fraction of sp³-hybridized carbons (Fsp3) is 0.167. The number of hydrogen-bond donors (Lipinski definition) is 0. The van der Waals surface area contributed by atoms with Crippen molar-refractivity contribution in [1.82, 2.24) is 9.78 Å². The van der Waals surface area contributed by atoms with E-state index < -0.39 is 6.18 Å². The summed E-state index contributed by atoms with van der Waals surface area (Å²) >= 11 is 0. The van der Waals surface area contributed by atoms with Crippen LogP contribution < -0.4 is 0 Å². The predicted octanol–water partition coefficient (Wildman–Crippen LogP) is 1.92. The maximum absolute atomic E-state index is 11.5. The van der Waals surface area contributed by atoms with Crippen molar-refractivity contribution in [2.45, 2.75) is 6.18 Å². The minimum Gasteiger partial charge on any atom is -0.248 e. The van der Waals surface area contributed by atoms with Crippen LogP contribution in [0, 0.1) is 0 Å². The van der Waals surface area contributed by atoms with Gasteiger partial charge in [-0.05, 0) is 6.07 Å². The van der Waals surface area contributed by atoms with Gasteiger partial charge in [-0.2, -0.15) is 18.3 Å². The van der Waals surface area contributed by atoms with Crippen LogP contribution in [0.3, 0.4) is 0 Å². The minimum atomic E-state index is -4.27. The standard InChI is InChI=1S/C6H5F3N2/c7-6(8,9)2-5-11-4-1-3-10-11/h1-5H/b5-2+. The lowest BCUT2D eigenvalue weighted by Gasteiger charge is -1.96. The molecular weight excluding hydrogens is 157 g/mol. The summed E-state index contributed by atoms with van der Waals surface area (Å²) in [7, 11) is 0. The average molecular weight is 162 g/mol. The summed E-state index contributed by atoms with van der Waals surface area (Å²) in [6.45, 7) is 0. The van der Waals surface area contributed by atoms with E-state index in [-0.39, 0.29) is 6.08 Å². The van der Waals surface area contributed by atoms with Crippen LogP contribution in [0.15, 0.2) is 24.5 Å². The van der Waals surface area contributed by atoms with Crippen molar-refractivity contribution in [2.24, 2.45) is 0 Å². The maximum atomic E-state index is 11.5. The molecule has 0 radical (unpaired) electrons. The van der Waals surface area contributed by atoms with E-state index in [4.69, 9.17) is 0 Å². The van der Waals surface area contributed by atoms with Crippen LogP contribution in [0.1, 0.15) is 0 Å². The van der Waals surface area contributed by atoms with E-state index in [2.05, 4.69) is 5.10 Å². The molecule has 2 nitrogen and oxygen atoms in total. The Bertz CT molecular complexity index is 235. The first-order valence-electron chi connectivity index (χ1n) is 2.83.